The first-order valence-electron chi connectivity index (χ1n) is 5.60. The van der Waals surface area contributed by atoms with Crippen molar-refractivity contribution in [2.75, 3.05) is 27.2 Å². The molecule has 0 fully saturated rings. The Morgan fingerprint density at radius 1 is 1.47 bits per heavy atom. The number of thiophene rings is 1. The average Bonchev–Trinajstić information content (AvgIpc) is 2.79. The minimum Gasteiger partial charge on any atom is -0.332 e. The summed E-state index contributed by atoms with van der Waals surface area (Å²) < 4.78 is -1.61. The van der Waals surface area contributed by atoms with E-state index in [-0.39, 0.29) is 5.91 Å². The number of likely N-dealkylation sites (N-methyl/N-ethyl adjacent to an activating group) is 1. The summed E-state index contributed by atoms with van der Waals surface area (Å²) >= 11 is 18.9. The molecular weight excluding hydrogens is 329 g/mol. The molecule has 0 bridgehead atoms. The van der Waals surface area contributed by atoms with Crippen molar-refractivity contribution < 1.29 is 4.79 Å². The maximum atomic E-state index is 11.9. The topological polar surface area (TPSA) is 44.4 Å². The summed E-state index contributed by atoms with van der Waals surface area (Å²) in [6, 6.07) is 3.51. The minimum atomic E-state index is -1.61. The van der Waals surface area contributed by atoms with Crippen LogP contribution >= 0.6 is 46.1 Å². The van der Waals surface area contributed by atoms with Crippen LogP contribution in [0, 0.1) is 0 Å². The third-order valence-corrected chi connectivity index (χ3v) is 3.78. The van der Waals surface area contributed by atoms with Crippen molar-refractivity contribution in [3.63, 3.8) is 0 Å². The normalized spacial score (nSPS) is 13.6. The molecule has 0 unspecified atom stereocenters. The number of halogens is 3. The van der Waals surface area contributed by atoms with Crippen LogP contribution in [0.15, 0.2) is 17.5 Å². The number of alkyl halides is 3. The van der Waals surface area contributed by atoms with E-state index >= 15 is 0 Å². The molecular formula is C11H16Cl3N3OS. The molecule has 1 aromatic heterocycles. The van der Waals surface area contributed by atoms with E-state index in [9.17, 15) is 4.79 Å². The second-order valence-corrected chi connectivity index (χ2v) is 7.50. The van der Waals surface area contributed by atoms with Gasteiger partial charge < -0.3 is 10.2 Å². The van der Waals surface area contributed by atoms with Crippen molar-refractivity contribution in [1.29, 1.82) is 0 Å². The number of carbonyl (C=O) groups is 1. The van der Waals surface area contributed by atoms with Crippen molar-refractivity contribution in [2.45, 2.75) is 9.96 Å². The van der Waals surface area contributed by atoms with E-state index in [1.54, 1.807) is 12.1 Å². The van der Waals surface area contributed by atoms with E-state index in [0.717, 1.165) is 6.54 Å². The number of nitrogens with one attached hydrogen (secondary N) is 2. The molecule has 8 heteroatoms. The Morgan fingerprint density at radius 3 is 2.63 bits per heavy atom. The lowest BCUT2D eigenvalue weighted by Gasteiger charge is -2.27. The van der Waals surface area contributed by atoms with Gasteiger partial charge in [0.1, 0.15) is 6.17 Å². The molecule has 1 atom stereocenters. The van der Waals surface area contributed by atoms with Crippen LogP contribution in [0.1, 0.15) is 9.67 Å². The SMILES string of the molecule is CN(C)CCN[C@@H](NC(=O)c1cccs1)C(Cl)(Cl)Cl. The summed E-state index contributed by atoms with van der Waals surface area (Å²) in [6.07, 6.45) is -0.743. The van der Waals surface area contributed by atoms with Gasteiger partial charge in [-0.2, -0.15) is 0 Å². The van der Waals surface area contributed by atoms with Gasteiger partial charge in [0.05, 0.1) is 4.88 Å². The first-order valence-corrected chi connectivity index (χ1v) is 7.61. The highest BCUT2D eigenvalue weighted by molar-refractivity contribution is 7.12. The minimum absolute atomic E-state index is 0.260. The molecule has 0 radical (unpaired) electrons. The highest BCUT2D eigenvalue weighted by atomic mass is 35.6. The van der Waals surface area contributed by atoms with E-state index in [0.29, 0.717) is 11.4 Å². The van der Waals surface area contributed by atoms with E-state index in [4.69, 9.17) is 34.8 Å². The van der Waals surface area contributed by atoms with Crippen LogP contribution in [0.2, 0.25) is 0 Å². The Labute approximate surface area is 132 Å². The predicted molar refractivity (Wildman–Crippen MR) is 82.4 cm³/mol. The van der Waals surface area contributed by atoms with Crippen LogP contribution in [-0.4, -0.2) is 48.0 Å². The maximum Gasteiger partial charge on any atom is 0.262 e. The van der Waals surface area contributed by atoms with Gasteiger partial charge >= 0.3 is 0 Å². The molecule has 0 aliphatic carbocycles. The van der Waals surface area contributed by atoms with Gasteiger partial charge in [-0.05, 0) is 25.5 Å². The fourth-order valence-electron chi connectivity index (χ4n) is 1.29. The monoisotopic (exact) mass is 343 g/mol. The van der Waals surface area contributed by atoms with Crippen LogP contribution in [0.3, 0.4) is 0 Å². The molecule has 0 saturated carbocycles. The van der Waals surface area contributed by atoms with Crippen LogP contribution in [0.5, 0.6) is 0 Å². The van der Waals surface area contributed by atoms with Crippen LogP contribution in [0.25, 0.3) is 0 Å². The first kappa shape index (κ1) is 17.0. The lowest BCUT2D eigenvalue weighted by atomic mass is 10.4. The fraction of sp³-hybridized carbons (Fsp3) is 0.545. The summed E-state index contributed by atoms with van der Waals surface area (Å²) in [6.45, 7) is 1.36. The van der Waals surface area contributed by atoms with Gasteiger partial charge in [-0.25, -0.2) is 0 Å². The molecule has 0 aliphatic heterocycles. The Morgan fingerprint density at radius 2 is 2.16 bits per heavy atom. The summed E-state index contributed by atoms with van der Waals surface area (Å²) in [5.41, 5.74) is 0. The van der Waals surface area contributed by atoms with Crippen LogP contribution < -0.4 is 10.6 Å². The lowest BCUT2D eigenvalue weighted by molar-refractivity contribution is 0.0933. The maximum absolute atomic E-state index is 11.9. The molecule has 0 saturated heterocycles. The molecule has 4 nitrogen and oxygen atoms in total. The standard InChI is InChI=1S/C11H16Cl3N3OS/c1-17(2)6-5-15-10(11(12,13)14)16-9(18)8-4-3-7-19-8/h3-4,7,10,15H,5-6H2,1-2H3,(H,16,18)/t10-/m0/s1. The van der Waals surface area contributed by atoms with Crippen LogP contribution in [0.4, 0.5) is 0 Å². The van der Waals surface area contributed by atoms with Gasteiger partial charge in [0, 0.05) is 13.1 Å². The zero-order valence-electron chi connectivity index (χ0n) is 10.6. The third-order valence-electron chi connectivity index (χ3n) is 2.26. The molecule has 0 aliphatic rings. The van der Waals surface area contributed by atoms with Gasteiger partial charge in [0.2, 0.25) is 3.79 Å². The molecule has 0 spiro atoms. The first-order chi connectivity index (χ1) is 8.80. The second-order valence-electron chi connectivity index (χ2n) is 4.18. The lowest BCUT2D eigenvalue weighted by Crippen LogP contribution is -2.54. The quantitative estimate of drug-likeness (QED) is 0.615. The summed E-state index contributed by atoms with van der Waals surface area (Å²) in [5.74, 6) is -0.260. The number of rotatable bonds is 6. The zero-order chi connectivity index (χ0) is 14.5. The molecule has 19 heavy (non-hydrogen) atoms. The highest BCUT2D eigenvalue weighted by Gasteiger charge is 2.33. The van der Waals surface area contributed by atoms with Crippen molar-refractivity contribution in [2.24, 2.45) is 0 Å². The van der Waals surface area contributed by atoms with E-state index < -0.39 is 9.96 Å². The van der Waals surface area contributed by atoms with Crippen molar-refractivity contribution in [1.82, 2.24) is 15.5 Å². The summed E-state index contributed by atoms with van der Waals surface area (Å²) in [4.78, 5) is 14.5. The Kier molecular flexibility index (Phi) is 6.86. The Bertz CT molecular complexity index is 392. The molecule has 0 aromatic carbocycles. The smallest absolute Gasteiger partial charge is 0.262 e. The molecule has 108 valence electrons. The largest absolute Gasteiger partial charge is 0.332 e. The number of hydrogen-bond donors (Lipinski definition) is 2. The van der Waals surface area contributed by atoms with Crippen molar-refractivity contribution in [3.05, 3.63) is 22.4 Å². The van der Waals surface area contributed by atoms with Gasteiger partial charge in [0.15, 0.2) is 0 Å². The average molecular weight is 345 g/mol. The number of hydrogen-bond acceptors (Lipinski definition) is 4. The van der Waals surface area contributed by atoms with Crippen LogP contribution in [-0.2, 0) is 0 Å². The molecule has 1 rings (SSSR count). The second kappa shape index (κ2) is 7.67. The third kappa shape index (κ3) is 6.29. The fourth-order valence-corrected chi connectivity index (χ4v) is 2.31. The van der Waals surface area contributed by atoms with Crippen molar-refractivity contribution >= 4 is 52.0 Å². The van der Waals surface area contributed by atoms with Gasteiger partial charge in [-0.3, -0.25) is 10.1 Å². The Balaban J connectivity index is 2.57. The zero-order valence-corrected chi connectivity index (χ0v) is 13.7. The van der Waals surface area contributed by atoms with E-state index in [1.807, 2.05) is 24.4 Å². The number of amides is 1. The van der Waals surface area contributed by atoms with E-state index in [2.05, 4.69) is 10.6 Å². The summed E-state index contributed by atoms with van der Waals surface area (Å²) in [5, 5.41) is 7.52. The number of carbonyl (C=O) groups excluding carboxylic acids is 1. The van der Waals surface area contributed by atoms with Gasteiger partial charge in [0.25, 0.3) is 5.91 Å². The molecule has 1 aromatic rings. The number of nitrogens with zero attached hydrogens (tertiary/aromatic N) is 1. The molecule has 1 amide bonds. The summed E-state index contributed by atoms with van der Waals surface area (Å²) in [7, 11) is 3.88. The molecule has 2 N–H and O–H groups in total. The van der Waals surface area contributed by atoms with Crippen molar-refractivity contribution in [3.8, 4) is 0 Å². The predicted octanol–water partition coefficient (Wildman–Crippen LogP) is 2.33. The molecule has 1 heterocycles. The Hall–Kier alpha value is -0.0400. The van der Waals surface area contributed by atoms with E-state index in [1.165, 1.54) is 11.3 Å². The van der Waals surface area contributed by atoms with Gasteiger partial charge in [-0.15, -0.1) is 11.3 Å². The highest BCUT2D eigenvalue weighted by Crippen LogP contribution is 2.29. The van der Waals surface area contributed by atoms with Gasteiger partial charge in [-0.1, -0.05) is 40.9 Å².